The Labute approximate surface area is 120 Å². The van der Waals surface area contributed by atoms with Crippen LogP contribution < -0.4 is 0 Å². The Bertz CT molecular complexity index is 959. The lowest BCUT2D eigenvalue weighted by molar-refractivity contribution is 0.881. The Balaban J connectivity index is 2.14. The molecule has 0 fully saturated rings. The van der Waals surface area contributed by atoms with Crippen molar-refractivity contribution in [2.24, 2.45) is 0 Å². The highest BCUT2D eigenvalue weighted by Crippen LogP contribution is 2.28. The number of aromatic amines is 1. The van der Waals surface area contributed by atoms with Gasteiger partial charge >= 0.3 is 0 Å². The molecule has 0 aliphatic rings. The third kappa shape index (κ3) is 1.76. The summed E-state index contributed by atoms with van der Waals surface area (Å²) in [7, 11) is 0. The van der Waals surface area contributed by atoms with Crippen LogP contribution in [0.5, 0.6) is 0 Å². The van der Waals surface area contributed by atoms with E-state index in [9.17, 15) is 0 Å². The summed E-state index contributed by atoms with van der Waals surface area (Å²) < 4.78 is 0. The lowest BCUT2D eigenvalue weighted by Crippen LogP contribution is -1.93. The van der Waals surface area contributed by atoms with Gasteiger partial charge in [-0.25, -0.2) is 10.1 Å². The minimum Gasteiger partial charge on any atom is -0.254 e. The summed E-state index contributed by atoms with van der Waals surface area (Å²) in [5, 5.41) is 16.1. The first kappa shape index (κ1) is 11.9. The fourth-order valence-electron chi connectivity index (χ4n) is 2.60. The van der Waals surface area contributed by atoms with E-state index in [1.807, 2.05) is 18.3 Å². The van der Waals surface area contributed by atoms with E-state index < -0.39 is 0 Å². The first-order chi connectivity index (χ1) is 10.2. The average Bonchev–Trinajstić information content (AvgIpc) is 3.01. The SMILES string of the molecule is Cc1ccnc2c1ccc1c(C)cc(-c3nnn[nH]3)nc12. The van der Waals surface area contributed by atoms with E-state index in [1.54, 1.807) is 0 Å². The number of hydrogen-bond acceptors (Lipinski definition) is 5. The molecule has 0 radical (unpaired) electrons. The van der Waals surface area contributed by atoms with Crippen LogP contribution in [-0.4, -0.2) is 30.6 Å². The maximum atomic E-state index is 4.71. The fraction of sp³-hybridized carbons (Fsp3) is 0.133. The molecular weight excluding hydrogens is 264 g/mol. The molecule has 102 valence electrons. The second-order valence-corrected chi connectivity index (χ2v) is 5.06. The Kier molecular flexibility index (Phi) is 2.44. The van der Waals surface area contributed by atoms with E-state index in [1.165, 1.54) is 5.56 Å². The number of hydrogen-bond donors (Lipinski definition) is 1. The molecule has 3 aromatic heterocycles. The molecule has 6 nitrogen and oxygen atoms in total. The molecule has 1 N–H and O–H groups in total. The van der Waals surface area contributed by atoms with Crippen LogP contribution in [0.4, 0.5) is 0 Å². The zero-order valence-corrected chi connectivity index (χ0v) is 11.6. The van der Waals surface area contributed by atoms with Crippen LogP contribution in [0.3, 0.4) is 0 Å². The van der Waals surface area contributed by atoms with Crippen molar-refractivity contribution in [3.8, 4) is 11.5 Å². The first-order valence-electron chi connectivity index (χ1n) is 6.64. The molecule has 0 aliphatic heterocycles. The number of aromatic nitrogens is 6. The quantitative estimate of drug-likeness (QED) is 0.540. The van der Waals surface area contributed by atoms with Gasteiger partial charge in [-0.05, 0) is 47.5 Å². The molecule has 21 heavy (non-hydrogen) atoms. The van der Waals surface area contributed by atoms with Crippen LogP contribution in [0.1, 0.15) is 11.1 Å². The maximum Gasteiger partial charge on any atom is 0.198 e. The highest BCUT2D eigenvalue weighted by molar-refractivity contribution is 6.05. The standard InChI is InChI=1S/C15H12N6/c1-8-5-6-16-13-10(8)3-4-11-9(2)7-12(17-14(11)13)15-18-20-21-19-15/h3-7H,1-2H3,(H,18,19,20,21). The van der Waals surface area contributed by atoms with E-state index in [2.05, 4.69) is 51.6 Å². The second-order valence-electron chi connectivity index (χ2n) is 5.06. The summed E-state index contributed by atoms with van der Waals surface area (Å²) in [4.78, 5) is 9.22. The molecule has 0 bridgehead atoms. The number of pyridine rings is 2. The zero-order valence-electron chi connectivity index (χ0n) is 11.6. The third-order valence-electron chi connectivity index (χ3n) is 3.70. The minimum atomic E-state index is 0.560. The van der Waals surface area contributed by atoms with E-state index in [0.717, 1.165) is 33.1 Å². The Morgan fingerprint density at radius 1 is 0.952 bits per heavy atom. The molecule has 6 heteroatoms. The summed E-state index contributed by atoms with van der Waals surface area (Å²) in [6.45, 7) is 4.13. The van der Waals surface area contributed by atoms with Gasteiger partial charge in [-0.2, -0.15) is 0 Å². The fourth-order valence-corrected chi connectivity index (χ4v) is 2.60. The van der Waals surface area contributed by atoms with Gasteiger partial charge in [-0.3, -0.25) is 4.98 Å². The molecule has 0 saturated heterocycles. The predicted molar refractivity (Wildman–Crippen MR) is 79.7 cm³/mol. The second kappa shape index (κ2) is 4.31. The first-order valence-corrected chi connectivity index (χ1v) is 6.64. The van der Waals surface area contributed by atoms with Gasteiger partial charge in [0.2, 0.25) is 0 Å². The number of benzene rings is 1. The Hall–Kier alpha value is -2.89. The third-order valence-corrected chi connectivity index (χ3v) is 3.70. The van der Waals surface area contributed by atoms with Crippen LogP contribution in [0, 0.1) is 13.8 Å². The van der Waals surface area contributed by atoms with E-state index >= 15 is 0 Å². The Morgan fingerprint density at radius 2 is 1.76 bits per heavy atom. The van der Waals surface area contributed by atoms with Gasteiger partial charge in [0, 0.05) is 17.0 Å². The molecule has 0 spiro atoms. The zero-order chi connectivity index (χ0) is 14.4. The summed E-state index contributed by atoms with van der Waals surface area (Å²) in [6, 6.07) is 8.18. The summed E-state index contributed by atoms with van der Waals surface area (Å²) in [5.41, 5.74) is 4.82. The molecule has 0 atom stereocenters. The van der Waals surface area contributed by atoms with Gasteiger partial charge in [0.15, 0.2) is 5.82 Å². The van der Waals surface area contributed by atoms with Crippen molar-refractivity contribution in [2.45, 2.75) is 13.8 Å². The largest absolute Gasteiger partial charge is 0.254 e. The smallest absolute Gasteiger partial charge is 0.198 e. The van der Waals surface area contributed by atoms with Crippen molar-refractivity contribution < 1.29 is 0 Å². The topological polar surface area (TPSA) is 80.2 Å². The predicted octanol–water partition coefficient (Wildman–Crippen LogP) is 2.58. The molecule has 4 aromatic rings. The molecular formula is C15H12N6. The minimum absolute atomic E-state index is 0.560. The van der Waals surface area contributed by atoms with Gasteiger partial charge in [-0.1, -0.05) is 12.1 Å². The maximum absolute atomic E-state index is 4.71. The molecule has 0 amide bonds. The number of aryl methyl sites for hydroxylation is 2. The van der Waals surface area contributed by atoms with Gasteiger partial charge in [0.1, 0.15) is 5.69 Å². The van der Waals surface area contributed by atoms with Gasteiger partial charge in [0.25, 0.3) is 0 Å². The average molecular weight is 276 g/mol. The number of rotatable bonds is 1. The molecule has 0 unspecified atom stereocenters. The van der Waals surface area contributed by atoms with Crippen molar-refractivity contribution in [3.63, 3.8) is 0 Å². The van der Waals surface area contributed by atoms with Crippen LogP contribution in [0.15, 0.2) is 30.5 Å². The van der Waals surface area contributed by atoms with Crippen molar-refractivity contribution in [1.29, 1.82) is 0 Å². The normalized spacial score (nSPS) is 11.3. The monoisotopic (exact) mass is 276 g/mol. The highest BCUT2D eigenvalue weighted by atomic mass is 15.5. The summed E-state index contributed by atoms with van der Waals surface area (Å²) >= 11 is 0. The molecule has 3 heterocycles. The number of nitrogens with one attached hydrogen (secondary N) is 1. The number of nitrogens with zero attached hydrogens (tertiary/aromatic N) is 5. The molecule has 4 rings (SSSR count). The molecule has 1 aromatic carbocycles. The van der Waals surface area contributed by atoms with Gasteiger partial charge < -0.3 is 0 Å². The van der Waals surface area contributed by atoms with Crippen molar-refractivity contribution in [2.75, 3.05) is 0 Å². The van der Waals surface area contributed by atoms with Crippen molar-refractivity contribution in [3.05, 3.63) is 41.6 Å². The summed E-state index contributed by atoms with van der Waals surface area (Å²) in [5.74, 6) is 0.560. The van der Waals surface area contributed by atoms with Crippen LogP contribution >= 0.6 is 0 Å². The van der Waals surface area contributed by atoms with E-state index in [0.29, 0.717) is 5.82 Å². The van der Waals surface area contributed by atoms with Crippen molar-refractivity contribution >= 4 is 21.8 Å². The van der Waals surface area contributed by atoms with Crippen molar-refractivity contribution in [1.82, 2.24) is 30.6 Å². The number of H-pyrrole nitrogens is 1. The molecule has 0 aliphatic carbocycles. The van der Waals surface area contributed by atoms with Gasteiger partial charge in [0.05, 0.1) is 11.0 Å². The lowest BCUT2D eigenvalue weighted by Gasteiger charge is -2.08. The number of fused-ring (bicyclic) bond motifs is 3. The highest BCUT2D eigenvalue weighted by Gasteiger charge is 2.11. The molecule has 0 saturated carbocycles. The van der Waals surface area contributed by atoms with E-state index in [-0.39, 0.29) is 0 Å². The number of tetrazole rings is 1. The summed E-state index contributed by atoms with van der Waals surface area (Å²) in [6.07, 6.45) is 1.82. The van der Waals surface area contributed by atoms with E-state index in [4.69, 9.17) is 4.98 Å². The van der Waals surface area contributed by atoms with Crippen LogP contribution in [0.2, 0.25) is 0 Å². The Morgan fingerprint density at radius 3 is 2.52 bits per heavy atom. The van der Waals surface area contributed by atoms with Crippen LogP contribution in [0.25, 0.3) is 33.3 Å². The lowest BCUT2D eigenvalue weighted by atomic mass is 10.0. The van der Waals surface area contributed by atoms with Crippen LogP contribution in [-0.2, 0) is 0 Å². The van der Waals surface area contributed by atoms with Gasteiger partial charge in [-0.15, -0.1) is 5.10 Å².